The molecule has 3 aromatic heterocycles. The van der Waals surface area contributed by atoms with Gasteiger partial charge in [0.05, 0.1) is 22.1 Å². The van der Waals surface area contributed by atoms with Gasteiger partial charge >= 0.3 is 0 Å². The smallest absolute Gasteiger partial charge is 0.238 e. The fourth-order valence-electron chi connectivity index (χ4n) is 9.27. The second kappa shape index (κ2) is 12.0. The molecule has 0 aliphatic heterocycles. The summed E-state index contributed by atoms with van der Waals surface area (Å²) in [5.74, 6) is 1.88. The van der Waals surface area contributed by atoms with Crippen molar-refractivity contribution in [1.82, 2.24) is 24.1 Å². The second-order valence-corrected chi connectivity index (χ2v) is 16.8. The summed E-state index contributed by atoms with van der Waals surface area (Å²) in [7, 11) is 0. The lowest BCUT2D eigenvalue weighted by molar-refractivity contribution is 0.332. The lowest BCUT2D eigenvalue weighted by atomic mass is 9.63. The predicted octanol–water partition coefficient (Wildman–Crippen LogP) is 12.9. The van der Waals surface area contributed by atoms with Gasteiger partial charge in [0, 0.05) is 38.4 Å². The van der Waals surface area contributed by atoms with Crippen LogP contribution in [0.3, 0.4) is 0 Å². The lowest BCUT2D eigenvalue weighted by Gasteiger charge is -2.42. The average Bonchev–Trinajstić information content (AvgIpc) is 3.75. The zero-order chi connectivity index (χ0) is 37.8. The Morgan fingerprint density at radius 2 is 0.929 bits per heavy atom. The zero-order valence-electron chi connectivity index (χ0n) is 32.1. The Labute approximate surface area is 325 Å². The highest BCUT2D eigenvalue weighted by atomic mass is 15.2. The van der Waals surface area contributed by atoms with Gasteiger partial charge in [-0.1, -0.05) is 131 Å². The second-order valence-electron chi connectivity index (χ2n) is 16.8. The van der Waals surface area contributed by atoms with E-state index < -0.39 is 0 Å². The first-order chi connectivity index (χ1) is 27.2. The van der Waals surface area contributed by atoms with Crippen LogP contribution in [-0.4, -0.2) is 24.1 Å². The molecule has 0 bridgehead atoms. The molecule has 1 aliphatic rings. The fourth-order valence-corrected chi connectivity index (χ4v) is 9.27. The third-order valence-electron chi connectivity index (χ3n) is 12.4. The molecule has 0 spiro atoms. The molecule has 5 nitrogen and oxygen atoms in total. The minimum Gasteiger partial charge on any atom is -0.309 e. The molecule has 11 rings (SSSR count). The van der Waals surface area contributed by atoms with Gasteiger partial charge in [-0.15, -0.1) is 0 Å². The van der Waals surface area contributed by atoms with Gasteiger partial charge in [0.1, 0.15) is 0 Å². The Morgan fingerprint density at radius 3 is 1.59 bits per heavy atom. The summed E-state index contributed by atoms with van der Waals surface area (Å²) in [4.78, 5) is 15.4. The summed E-state index contributed by atoms with van der Waals surface area (Å²) < 4.78 is 4.63. The Morgan fingerprint density at radius 1 is 0.411 bits per heavy atom. The van der Waals surface area contributed by atoms with Crippen LogP contribution in [0.5, 0.6) is 0 Å². The van der Waals surface area contributed by atoms with Gasteiger partial charge in [0.15, 0.2) is 11.6 Å². The highest BCUT2D eigenvalue weighted by Crippen LogP contribution is 2.48. The van der Waals surface area contributed by atoms with Gasteiger partial charge in [0.2, 0.25) is 5.95 Å². The quantitative estimate of drug-likeness (QED) is 0.182. The van der Waals surface area contributed by atoms with Crippen LogP contribution in [-0.2, 0) is 10.8 Å². The topological polar surface area (TPSA) is 48.5 Å². The van der Waals surface area contributed by atoms with Crippen LogP contribution in [0.25, 0.3) is 88.8 Å². The van der Waals surface area contributed by atoms with Gasteiger partial charge in [-0.2, -0.15) is 9.97 Å². The van der Waals surface area contributed by atoms with E-state index in [4.69, 9.17) is 15.0 Å². The molecular formula is C51H41N5. The molecule has 0 saturated heterocycles. The molecule has 0 N–H and O–H groups in total. The Bertz CT molecular complexity index is 3150. The summed E-state index contributed by atoms with van der Waals surface area (Å²) in [5.41, 5.74) is 10.9. The molecule has 0 fully saturated rings. The maximum Gasteiger partial charge on any atom is 0.238 e. The van der Waals surface area contributed by atoms with Gasteiger partial charge in [-0.05, 0) is 94.1 Å². The van der Waals surface area contributed by atoms with Crippen molar-refractivity contribution in [2.24, 2.45) is 0 Å². The number of aromatic nitrogens is 5. The maximum absolute atomic E-state index is 5.20. The molecule has 0 saturated carbocycles. The van der Waals surface area contributed by atoms with Crippen molar-refractivity contribution in [3.05, 3.63) is 163 Å². The van der Waals surface area contributed by atoms with Crippen molar-refractivity contribution in [2.75, 3.05) is 0 Å². The minimum atomic E-state index is 0.122. The third-order valence-corrected chi connectivity index (χ3v) is 12.4. The van der Waals surface area contributed by atoms with Crippen LogP contribution in [0.4, 0.5) is 0 Å². The number of hydrogen-bond acceptors (Lipinski definition) is 3. The Balaban J connectivity index is 1.08. The van der Waals surface area contributed by atoms with Gasteiger partial charge in [-0.3, -0.25) is 4.57 Å². The van der Waals surface area contributed by atoms with E-state index in [2.05, 4.69) is 170 Å². The molecule has 0 radical (unpaired) electrons. The molecular weight excluding hydrogens is 683 g/mol. The summed E-state index contributed by atoms with van der Waals surface area (Å²) >= 11 is 0. The molecule has 0 amide bonds. The Kier molecular flexibility index (Phi) is 7.00. The number of para-hydroxylation sites is 3. The summed E-state index contributed by atoms with van der Waals surface area (Å²) in [6.45, 7) is 9.65. The highest BCUT2D eigenvalue weighted by Gasteiger charge is 2.38. The number of hydrogen-bond donors (Lipinski definition) is 0. The first-order valence-electron chi connectivity index (χ1n) is 19.7. The van der Waals surface area contributed by atoms with E-state index in [1.165, 1.54) is 56.5 Å². The lowest BCUT2D eigenvalue weighted by Crippen LogP contribution is -2.33. The van der Waals surface area contributed by atoms with Crippen LogP contribution < -0.4 is 0 Å². The summed E-state index contributed by atoms with van der Waals surface area (Å²) in [6, 6.07) is 54.4. The fraction of sp³-hybridized carbons (Fsp3) is 0.157. The van der Waals surface area contributed by atoms with E-state index >= 15 is 0 Å². The molecule has 0 atom stereocenters. The van der Waals surface area contributed by atoms with Crippen molar-refractivity contribution >= 4 is 54.4 Å². The molecule has 0 unspecified atom stereocenters. The van der Waals surface area contributed by atoms with Crippen LogP contribution >= 0.6 is 0 Å². The zero-order valence-corrected chi connectivity index (χ0v) is 32.1. The predicted molar refractivity (Wildman–Crippen MR) is 232 cm³/mol. The van der Waals surface area contributed by atoms with E-state index in [9.17, 15) is 0 Å². The van der Waals surface area contributed by atoms with Crippen molar-refractivity contribution in [3.8, 4) is 34.4 Å². The summed E-state index contributed by atoms with van der Waals surface area (Å²) in [6.07, 6.45) is 2.38. The van der Waals surface area contributed by atoms with Crippen LogP contribution in [0.2, 0.25) is 0 Å². The van der Waals surface area contributed by atoms with Crippen molar-refractivity contribution in [3.63, 3.8) is 0 Å². The molecule has 1 aliphatic carbocycles. The minimum absolute atomic E-state index is 0.122. The van der Waals surface area contributed by atoms with E-state index in [0.29, 0.717) is 17.6 Å². The third kappa shape index (κ3) is 4.97. The van der Waals surface area contributed by atoms with E-state index in [-0.39, 0.29) is 10.8 Å². The van der Waals surface area contributed by atoms with Crippen LogP contribution in [0, 0.1) is 0 Å². The van der Waals surface area contributed by atoms with Crippen molar-refractivity contribution in [1.29, 1.82) is 0 Å². The molecule has 56 heavy (non-hydrogen) atoms. The number of fused-ring (bicyclic) bond motifs is 8. The SMILES string of the molecule is CC1(C)CCC(C)(C)c2cc3c(cc21)c1ccccc1n3-c1ccc2cc(-c3nc(-c4ccccc4)nc(-n4c5ccccc5c5ccccc54)n3)ccc2c1. The first-order valence-corrected chi connectivity index (χ1v) is 19.7. The normalized spacial score (nSPS) is 14.9. The van der Waals surface area contributed by atoms with Gasteiger partial charge < -0.3 is 4.57 Å². The van der Waals surface area contributed by atoms with Crippen molar-refractivity contribution < 1.29 is 0 Å². The first kappa shape index (κ1) is 32.8. The van der Waals surface area contributed by atoms with Crippen LogP contribution in [0.15, 0.2) is 152 Å². The molecule has 3 heterocycles. The van der Waals surface area contributed by atoms with Crippen LogP contribution in [0.1, 0.15) is 51.7 Å². The monoisotopic (exact) mass is 723 g/mol. The highest BCUT2D eigenvalue weighted by molar-refractivity contribution is 6.11. The number of rotatable bonds is 4. The number of nitrogens with zero attached hydrogens (tertiary/aromatic N) is 5. The van der Waals surface area contributed by atoms with Gasteiger partial charge in [0.25, 0.3) is 0 Å². The average molecular weight is 724 g/mol. The molecule has 5 heteroatoms. The van der Waals surface area contributed by atoms with E-state index in [1.54, 1.807) is 0 Å². The molecule has 10 aromatic rings. The van der Waals surface area contributed by atoms with E-state index in [1.807, 2.05) is 18.2 Å². The summed E-state index contributed by atoms with van der Waals surface area (Å²) in [5, 5.41) is 7.25. The number of benzene rings is 7. The largest absolute Gasteiger partial charge is 0.309 e. The van der Waals surface area contributed by atoms with E-state index in [0.717, 1.165) is 38.6 Å². The molecule has 270 valence electrons. The maximum atomic E-state index is 5.20. The van der Waals surface area contributed by atoms with Gasteiger partial charge in [-0.25, -0.2) is 4.98 Å². The molecule has 7 aromatic carbocycles. The van der Waals surface area contributed by atoms with Crippen molar-refractivity contribution in [2.45, 2.75) is 51.4 Å². The Hall–Kier alpha value is -6.59. The standard InChI is InChI=1S/C51H41N5/c1-50(2)26-27-51(3,4)42-31-46-40(30-41(42)50)39-18-10-11-19-43(39)55(46)36-25-24-33-28-35(23-22-34(33)29-36)48-52-47(32-14-6-5-7-15-32)53-49(54-48)56-44-20-12-8-16-37(44)38-17-9-13-21-45(38)56/h5-25,28-31H,26-27H2,1-4H3.